The molecule has 2 bridgehead atoms. The lowest BCUT2D eigenvalue weighted by Crippen LogP contribution is -2.40. The van der Waals surface area contributed by atoms with Crippen LogP contribution in [-0.4, -0.2) is 16.9 Å². The lowest BCUT2D eigenvalue weighted by molar-refractivity contribution is -0.121. The van der Waals surface area contributed by atoms with Crippen LogP contribution < -0.4 is 5.32 Å². The van der Waals surface area contributed by atoms with Crippen molar-refractivity contribution in [3.05, 3.63) is 36.0 Å². The molecule has 1 aromatic carbocycles. The molecular weight excluding hydrogens is 272 g/mol. The van der Waals surface area contributed by atoms with E-state index in [-0.39, 0.29) is 5.91 Å². The van der Waals surface area contributed by atoms with Crippen LogP contribution in [0.1, 0.15) is 38.2 Å². The highest BCUT2D eigenvalue weighted by Gasteiger charge is 2.42. The first-order chi connectivity index (χ1) is 10.7. The minimum atomic E-state index is 0.153. The maximum absolute atomic E-state index is 12.4. The molecule has 4 unspecified atom stereocenters. The number of hydrogen-bond acceptors (Lipinski definition) is 1. The van der Waals surface area contributed by atoms with E-state index in [4.69, 9.17) is 0 Å². The Labute approximate surface area is 131 Å². The minimum Gasteiger partial charge on any atom is -0.361 e. The Morgan fingerprint density at radius 1 is 1.32 bits per heavy atom. The van der Waals surface area contributed by atoms with Crippen molar-refractivity contribution in [1.29, 1.82) is 0 Å². The van der Waals surface area contributed by atoms with Crippen molar-refractivity contribution in [2.24, 2.45) is 17.8 Å². The third-order valence-electron chi connectivity index (χ3n) is 5.85. The van der Waals surface area contributed by atoms with Gasteiger partial charge in [0, 0.05) is 23.1 Å². The fourth-order valence-corrected chi connectivity index (χ4v) is 4.77. The second kappa shape index (κ2) is 5.45. The van der Waals surface area contributed by atoms with E-state index >= 15 is 0 Å². The summed E-state index contributed by atoms with van der Waals surface area (Å²) in [4.78, 5) is 15.6. The molecule has 3 nitrogen and oxygen atoms in total. The number of benzene rings is 1. The molecule has 2 aliphatic rings. The number of nitrogens with one attached hydrogen (secondary N) is 2. The van der Waals surface area contributed by atoms with Crippen molar-refractivity contribution in [2.75, 3.05) is 0 Å². The summed E-state index contributed by atoms with van der Waals surface area (Å²) in [5, 5.41) is 4.41. The molecule has 4 atom stereocenters. The van der Waals surface area contributed by atoms with Gasteiger partial charge in [-0.2, -0.15) is 0 Å². The van der Waals surface area contributed by atoms with E-state index in [0.717, 1.165) is 28.3 Å². The van der Waals surface area contributed by atoms with Crippen LogP contribution >= 0.6 is 0 Å². The van der Waals surface area contributed by atoms with Crippen LogP contribution in [-0.2, 0) is 11.2 Å². The van der Waals surface area contributed by atoms with Crippen molar-refractivity contribution in [2.45, 2.75) is 45.1 Å². The zero-order chi connectivity index (χ0) is 15.1. The molecule has 2 saturated carbocycles. The Morgan fingerprint density at radius 2 is 2.18 bits per heavy atom. The molecule has 1 amide bonds. The number of carbonyl (C=O) groups excluding carboxylic acids is 1. The topological polar surface area (TPSA) is 44.9 Å². The Morgan fingerprint density at radius 3 is 2.95 bits per heavy atom. The van der Waals surface area contributed by atoms with Crippen molar-refractivity contribution < 1.29 is 4.79 Å². The van der Waals surface area contributed by atoms with Crippen molar-refractivity contribution in [1.82, 2.24) is 10.3 Å². The zero-order valence-corrected chi connectivity index (χ0v) is 13.1. The highest BCUT2D eigenvalue weighted by Crippen LogP contribution is 2.49. The molecule has 2 fully saturated rings. The Hall–Kier alpha value is -1.77. The van der Waals surface area contributed by atoms with Crippen LogP contribution in [0.4, 0.5) is 0 Å². The highest BCUT2D eigenvalue weighted by atomic mass is 16.1. The average molecular weight is 296 g/mol. The van der Waals surface area contributed by atoms with Gasteiger partial charge in [0.25, 0.3) is 0 Å². The number of hydrogen-bond donors (Lipinski definition) is 2. The predicted molar refractivity (Wildman–Crippen MR) is 88.5 cm³/mol. The largest absolute Gasteiger partial charge is 0.361 e. The average Bonchev–Trinajstić information content (AvgIpc) is 3.22. The molecule has 2 N–H and O–H groups in total. The smallest absolute Gasteiger partial charge is 0.224 e. The van der Waals surface area contributed by atoms with Gasteiger partial charge in [-0.1, -0.05) is 24.6 Å². The number of amides is 1. The maximum Gasteiger partial charge on any atom is 0.224 e. The molecule has 1 aromatic heterocycles. The number of fused-ring (bicyclic) bond motifs is 3. The number of aromatic amines is 1. The Bertz CT molecular complexity index is 690. The third-order valence-corrected chi connectivity index (χ3v) is 5.85. The van der Waals surface area contributed by atoms with E-state index in [9.17, 15) is 4.79 Å². The molecule has 4 rings (SSSR count). The van der Waals surface area contributed by atoms with E-state index in [1.807, 2.05) is 18.3 Å². The molecule has 3 heteroatoms. The molecule has 2 aliphatic carbocycles. The maximum atomic E-state index is 12.4. The zero-order valence-electron chi connectivity index (χ0n) is 13.1. The summed E-state index contributed by atoms with van der Waals surface area (Å²) >= 11 is 0. The van der Waals surface area contributed by atoms with Gasteiger partial charge in [-0.05, 0) is 55.6 Å². The fourth-order valence-electron chi connectivity index (χ4n) is 4.77. The first-order valence-electron chi connectivity index (χ1n) is 8.55. The molecular formula is C19H24N2O. The van der Waals surface area contributed by atoms with Crippen LogP contribution in [0.5, 0.6) is 0 Å². The lowest BCUT2D eigenvalue weighted by Gasteiger charge is -2.28. The van der Waals surface area contributed by atoms with Gasteiger partial charge >= 0.3 is 0 Å². The number of H-pyrrole nitrogens is 1. The molecule has 0 radical (unpaired) electrons. The van der Waals surface area contributed by atoms with Gasteiger partial charge in [0.2, 0.25) is 5.91 Å². The molecule has 1 heterocycles. The summed E-state index contributed by atoms with van der Waals surface area (Å²) in [6.07, 6.45) is 7.93. The first-order valence-corrected chi connectivity index (χ1v) is 8.55. The molecule has 0 aliphatic heterocycles. The van der Waals surface area contributed by atoms with Gasteiger partial charge in [-0.15, -0.1) is 0 Å². The minimum absolute atomic E-state index is 0.153. The normalized spacial score (nSPS) is 28.1. The van der Waals surface area contributed by atoms with Crippen LogP contribution in [0.25, 0.3) is 10.9 Å². The van der Waals surface area contributed by atoms with Crippen LogP contribution in [0.2, 0.25) is 0 Å². The van der Waals surface area contributed by atoms with Crippen LogP contribution in [0.15, 0.2) is 30.5 Å². The van der Waals surface area contributed by atoms with E-state index in [1.54, 1.807) is 0 Å². The Balaban J connectivity index is 1.40. The second-order valence-electron chi connectivity index (χ2n) is 7.23. The monoisotopic (exact) mass is 296 g/mol. The molecule has 22 heavy (non-hydrogen) atoms. The van der Waals surface area contributed by atoms with Crippen molar-refractivity contribution >= 4 is 16.8 Å². The quantitative estimate of drug-likeness (QED) is 0.888. The highest BCUT2D eigenvalue weighted by molar-refractivity contribution is 5.88. The summed E-state index contributed by atoms with van der Waals surface area (Å²) in [6.45, 7) is 2.19. The van der Waals surface area contributed by atoms with Crippen molar-refractivity contribution in [3.63, 3.8) is 0 Å². The fraction of sp³-hybridized carbons (Fsp3) is 0.526. The summed E-state index contributed by atoms with van der Waals surface area (Å²) in [7, 11) is 0. The summed E-state index contributed by atoms with van der Waals surface area (Å²) in [5.74, 6) is 2.64. The van der Waals surface area contributed by atoms with Crippen LogP contribution in [0.3, 0.4) is 0 Å². The van der Waals surface area contributed by atoms with E-state index < -0.39 is 0 Å². The molecule has 0 spiro atoms. The van der Waals surface area contributed by atoms with E-state index in [2.05, 4.69) is 29.4 Å². The molecule has 116 valence electrons. The molecule has 0 saturated heterocycles. The van der Waals surface area contributed by atoms with E-state index in [1.165, 1.54) is 25.7 Å². The molecule has 2 aromatic rings. The number of carbonyl (C=O) groups is 1. The number of para-hydroxylation sites is 1. The predicted octanol–water partition coefficient (Wildman–Crippen LogP) is 3.65. The standard InChI is InChI=1S/C19H24N2O/c1-12(17-9-13-6-7-14(17)8-13)21-19(22)10-15-11-20-18-5-3-2-4-16(15)18/h2-5,11-14,17,20H,6-10H2,1H3,(H,21,22). The van der Waals surface area contributed by atoms with Gasteiger partial charge in [-0.25, -0.2) is 0 Å². The number of rotatable bonds is 4. The van der Waals surface area contributed by atoms with Gasteiger partial charge in [0.05, 0.1) is 6.42 Å². The summed E-state index contributed by atoms with van der Waals surface area (Å²) in [6, 6.07) is 8.48. The van der Waals surface area contributed by atoms with Crippen LogP contribution in [0, 0.1) is 17.8 Å². The summed E-state index contributed by atoms with van der Waals surface area (Å²) in [5.41, 5.74) is 2.19. The van der Waals surface area contributed by atoms with Gasteiger partial charge < -0.3 is 10.3 Å². The Kier molecular flexibility index (Phi) is 3.44. The van der Waals surface area contributed by atoms with Crippen molar-refractivity contribution in [3.8, 4) is 0 Å². The number of aromatic nitrogens is 1. The van der Waals surface area contributed by atoms with Gasteiger partial charge in [0.1, 0.15) is 0 Å². The lowest BCUT2D eigenvalue weighted by atomic mass is 9.84. The SMILES string of the molecule is CC(NC(=O)Cc1c[nH]c2ccccc12)C1CC2CCC1C2. The van der Waals surface area contributed by atoms with Gasteiger partial charge in [-0.3, -0.25) is 4.79 Å². The third kappa shape index (κ3) is 2.43. The van der Waals surface area contributed by atoms with Gasteiger partial charge in [0.15, 0.2) is 0 Å². The summed E-state index contributed by atoms with van der Waals surface area (Å²) < 4.78 is 0. The second-order valence-corrected chi connectivity index (χ2v) is 7.23. The first kappa shape index (κ1) is 13.9. The van der Waals surface area contributed by atoms with E-state index in [0.29, 0.717) is 18.4 Å².